The molecule has 104 valence electrons. The maximum absolute atomic E-state index is 12.1. The van der Waals surface area contributed by atoms with Gasteiger partial charge in [0, 0.05) is 12.7 Å². The summed E-state index contributed by atoms with van der Waals surface area (Å²) in [6, 6.07) is 12.7. The van der Waals surface area contributed by atoms with Crippen LogP contribution in [0, 0.1) is 5.92 Å². The summed E-state index contributed by atoms with van der Waals surface area (Å²) in [7, 11) is 0. The first-order valence-electron chi connectivity index (χ1n) is 6.63. The Bertz CT molecular complexity index is 568. The summed E-state index contributed by atoms with van der Waals surface area (Å²) in [5, 5.41) is 2.87. The van der Waals surface area contributed by atoms with Gasteiger partial charge in [-0.1, -0.05) is 32.0 Å². The molecule has 1 aromatic carbocycles. The molecule has 0 aliphatic carbocycles. The summed E-state index contributed by atoms with van der Waals surface area (Å²) in [5.41, 5.74) is 0.442. The van der Waals surface area contributed by atoms with Crippen molar-refractivity contribution in [1.29, 1.82) is 0 Å². The quantitative estimate of drug-likeness (QED) is 0.907. The number of hydrogen-bond acceptors (Lipinski definition) is 3. The lowest BCUT2D eigenvalue weighted by atomic mass is 10.2. The number of nitrogens with zero attached hydrogens (tertiary/aromatic N) is 1. The summed E-state index contributed by atoms with van der Waals surface area (Å²) in [6.07, 6.45) is 1.61. The number of amides is 1. The first-order chi connectivity index (χ1) is 9.66. The molecule has 0 saturated heterocycles. The summed E-state index contributed by atoms with van der Waals surface area (Å²) >= 11 is 0. The molecule has 1 N–H and O–H groups in total. The number of hydrogen-bond donors (Lipinski definition) is 1. The number of para-hydroxylation sites is 1. The Balaban J connectivity index is 2.16. The van der Waals surface area contributed by atoms with Crippen LogP contribution in [-0.4, -0.2) is 17.4 Å². The Morgan fingerprint density at radius 1 is 1.20 bits per heavy atom. The molecule has 0 saturated carbocycles. The molecule has 4 nitrogen and oxygen atoms in total. The van der Waals surface area contributed by atoms with Crippen molar-refractivity contribution in [3.63, 3.8) is 0 Å². The van der Waals surface area contributed by atoms with Gasteiger partial charge in [0.15, 0.2) is 0 Å². The molecule has 0 spiro atoms. The van der Waals surface area contributed by atoms with Crippen molar-refractivity contribution in [1.82, 2.24) is 10.3 Å². The standard InChI is InChI=1S/C16H18N2O2/c1-12(2)11-18-15(19)14-9-6-10-17-16(14)20-13-7-4-3-5-8-13/h3-10,12H,11H2,1-2H3,(H,18,19). The van der Waals surface area contributed by atoms with Crippen molar-refractivity contribution >= 4 is 5.91 Å². The second-order valence-electron chi connectivity index (χ2n) is 4.88. The number of rotatable bonds is 5. The number of nitrogens with one attached hydrogen (secondary N) is 1. The van der Waals surface area contributed by atoms with Crippen molar-refractivity contribution in [3.05, 3.63) is 54.2 Å². The number of aromatic nitrogens is 1. The molecule has 2 aromatic rings. The topological polar surface area (TPSA) is 51.2 Å². The fourth-order valence-corrected chi connectivity index (χ4v) is 1.64. The maximum Gasteiger partial charge on any atom is 0.256 e. The van der Waals surface area contributed by atoms with Crippen LogP contribution < -0.4 is 10.1 Å². The van der Waals surface area contributed by atoms with Crippen molar-refractivity contribution in [2.45, 2.75) is 13.8 Å². The molecule has 2 rings (SSSR count). The summed E-state index contributed by atoms with van der Waals surface area (Å²) < 4.78 is 5.67. The van der Waals surface area contributed by atoms with E-state index in [1.807, 2.05) is 44.2 Å². The largest absolute Gasteiger partial charge is 0.438 e. The zero-order valence-corrected chi connectivity index (χ0v) is 11.7. The zero-order valence-electron chi connectivity index (χ0n) is 11.7. The van der Waals surface area contributed by atoms with E-state index < -0.39 is 0 Å². The molecule has 1 aromatic heterocycles. The van der Waals surface area contributed by atoms with E-state index in [4.69, 9.17) is 4.74 Å². The van der Waals surface area contributed by atoms with Gasteiger partial charge in [-0.3, -0.25) is 4.79 Å². The van der Waals surface area contributed by atoms with Gasteiger partial charge in [0.2, 0.25) is 5.88 Å². The van der Waals surface area contributed by atoms with Gasteiger partial charge >= 0.3 is 0 Å². The minimum Gasteiger partial charge on any atom is -0.438 e. The van der Waals surface area contributed by atoms with Crippen LogP contribution in [0.4, 0.5) is 0 Å². The maximum atomic E-state index is 12.1. The lowest BCUT2D eigenvalue weighted by Gasteiger charge is -2.11. The SMILES string of the molecule is CC(C)CNC(=O)c1cccnc1Oc1ccccc1. The van der Waals surface area contributed by atoms with Crippen LogP contribution in [0.25, 0.3) is 0 Å². The highest BCUT2D eigenvalue weighted by Gasteiger charge is 2.14. The molecule has 0 aliphatic rings. The van der Waals surface area contributed by atoms with Crippen LogP contribution >= 0.6 is 0 Å². The molecular formula is C16H18N2O2. The Labute approximate surface area is 118 Å². The molecule has 1 amide bonds. The van der Waals surface area contributed by atoms with Gasteiger partial charge in [-0.2, -0.15) is 0 Å². The lowest BCUT2D eigenvalue weighted by molar-refractivity contribution is 0.0946. The molecule has 0 atom stereocenters. The Hall–Kier alpha value is -2.36. The number of benzene rings is 1. The highest BCUT2D eigenvalue weighted by Crippen LogP contribution is 2.22. The van der Waals surface area contributed by atoms with E-state index >= 15 is 0 Å². The van der Waals surface area contributed by atoms with E-state index in [-0.39, 0.29) is 5.91 Å². The predicted molar refractivity (Wildman–Crippen MR) is 77.9 cm³/mol. The fraction of sp³-hybridized carbons (Fsp3) is 0.250. The zero-order chi connectivity index (χ0) is 14.4. The molecule has 0 unspecified atom stereocenters. The number of carbonyl (C=O) groups excluding carboxylic acids is 1. The minimum atomic E-state index is -0.169. The average molecular weight is 270 g/mol. The fourth-order valence-electron chi connectivity index (χ4n) is 1.64. The van der Waals surface area contributed by atoms with Crippen LogP contribution in [0.2, 0.25) is 0 Å². The normalized spacial score (nSPS) is 10.3. The molecule has 0 bridgehead atoms. The Morgan fingerprint density at radius 3 is 2.65 bits per heavy atom. The number of carbonyl (C=O) groups is 1. The Morgan fingerprint density at radius 2 is 1.95 bits per heavy atom. The van der Waals surface area contributed by atoms with E-state index in [1.54, 1.807) is 18.3 Å². The van der Waals surface area contributed by atoms with Gasteiger partial charge in [-0.05, 0) is 30.2 Å². The highest BCUT2D eigenvalue weighted by molar-refractivity contribution is 5.96. The van der Waals surface area contributed by atoms with Gasteiger partial charge in [-0.15, -0.1) is 0 Å². The second kappa shape index (κ2) is 6.70. The van der Waals surface area contributed by atoms with Crippen molar-refractivity contribution in [2.75, 3.05) is 6.54 Å². The van der Waals surface area contributed by atoms with Gasteiger partial charge in [0.1, 0.15) is 11.3 Å². The van der Waals surface area contributed by atoms with Gasteiger partial charge < -0.3 is 10.1 Å². The van der Waals surface area contributed by atoms with Crippen molar-refractivity contribution in [2.24, 2.45) is 5.92 Å². The van der Waals surface area contributed by atoms with Crippen LogP contribution in [0.1, 0.15) is 24.2 Å². The molecule has 0 fully saturated rings. The van der Waals surface area contributed by atoms with Crippen LogP contribution in [0.5, 0.6) is 11.6 Å². The first-order valence-corrected chi connectivity index (χ1v) is 6.63. The van der Waals surface area contributed by atoms with Crippen LogP contribution in [0.15, 0.2) is 48.7 Å². The van der Waals surface area contributed by atoms with E-state index in [0.717, 1.165) is 0 Å². The van der Waals surface area contributed by atoms with E-state index in [1.165, 1.54) is 0 Å². The molecule has 20 heavy (non-hydrogen) atoms. The number of pyridine rings is 1. The van der Waals surface area contributed by atoms with E-state index in [2.05, 4.69) is 10.3 Å². The third kappa shape index (κ3) is 3.82. The minimum absolute atomic E-state index is 0.169. The summed E-state index contributed by atoms with van der Waals surface area (Å²) in [5.74, 6) is 1.20. The molecule has 1 heterocycles. The lowest BCUT2D eigenvalue weighted by Crippen LogP contribution is -2.27. The highest BCUT2D eigenvalue weighted by atomic mass is 16.5. The summed E-state index contributed by atoms with van der Waals surface area (Å²) in [4.78, 5) is 16.3. The number of ether oxygens (including phenoxy) is 1. The molecule has 0 aliphatic heterocycles. The monoisotopic (exact) mass is 270 g/mol. The van der Waals surface area contributed by atoms with Gasteiger partial charge in [-0.25, -0.2) is 4.98 Å². The van der Waals surface area contributed by atoms with Crippen LogP contribution in [-0.2, 0) is 0 Å². The summed E-state index contributed by atoms with van der Waals surface area (Å²) in [6.45, 7) is 4.72. The molecular weight excluding hydrogens is 252 g/mol. The van der Waals surface area contributed by atoms with E-state index in [0.29, 0.717) is 29.7 Å². The predicted octanol–water partition coefficient (Wildman–Crippen LogP) is 3.26. The van der Waals surface area contributed by atoms with Gasteiger partial charge in [0.05, 0.1) is 0 Å². The Kier molecular flexibility index (Phi) is 4.71. The van der Waals surface area contributed by atoms with Crippen LogP contribution in [0.3, 0.4) is 0 Å². The van der Waals surface area contributed by atoms with E-state index in [9.17, 15) is 4.79 Å². The third-order valence-electron chi connectivity index (χ3n) is 2.64. The van der Waals surface area contributed by atoms with Gasteiger partial charge in [0.25, 0.3) is 5.91 Å². The third-order valence-corrected chi connectivity index (χ3v) is 2.64. The smallest absolute Gasteiger partial charge is 0.256 e. The average Bonchev–Trinajstić information content (AvgIpc) is 2.46. The van der Waals surface area contributed by atoms with Crippen molar-refractivity contribution < 1.29 is 9.53 Å². The second-order valence-corrected chi connectivity index (χ2v) is 4.88. The first kappa shape index (κ1) is 14.1. The molecule has 0 radical (unpaired) electrons. The van der Waals surface area contributed by atoms with Crippen molar-refractivity contribution in [3.8, 4) is 11.6 Å². The molecule has 4 heteroatoms.